The molecule has 3 aromatic carbocycles. The van der Waals surface area contributed by atoms with Crippen molar-refractivity contribution in [3.8, 4) is 34.3 Å². The zero-order chi connectivity index (χ0) is 34.9. The van der Waals surface area contributed by atoms with E-state index in [0.29, 0.717) is 5.69 Å². The van der Waals surface area contributed by atoms with Crippen molar-refractivity contribution >= 4 is 40.2 Å². The van der Waals surface area contributed by atoms with Gasteiger partial charge in [-0.25, -0.2) is 18.9 Å². The fourth-order valence-corrected chi connectivity index (χ4v) is 5.42. The van der Waals surface area contributed by atoms with Crippen LogP contribution in [0.15, 0.2) is 65.9 Å². The van der Waals surface area contributed by atoms with E-state index in [1.54, 1.807) is 0 Å². The fourth-order valence-electron chi connectivity index (χ4n) is 4.56. The van der Waals surface area contributed by atoms with Gasteiger partial charge in [0.05, 0.1) is 29.4 Å². The molecule has 0 unspecified atom stereocenters. The Hall–Kier alpha value is -5.37. The van der Waals surface area contributed by atoms with Gasteiger partial charge < -0.3 is 24.3 Å². The van der Waals surface area contributed by atoms with E-state index in [4.69, 9.17) is 14.2 Å². The summed E-state index contributed by atoms with van der Waals surface area (Å²) in [7, 11) is 0. The summed E-state index contributed by atoms with van der Waals surface area (Å²) in [4.78, 5) is 34.7. The van der Waals surface area contributed by atoms with Crippen molar-refractivity contribution in [1.29, 1.82) is 0 Å². The minimum atomic E-state index is -4.85. The Morgan fingerprint density at radius 1 is 1.02 bits per heavy atom. The van der Waals surface area contributed by atoms with E-state index in [-0.39, 0.29) is 57.5 Å². The summed E-state index contributed by atoms with van der Waals surface area (Å²) >= 11 is 0.873. The highest BCUT2D eigenvalue weighted by Gasteiger charge is 2.35. The molecule has 12 nitrogen and oxygen atoms in total. The molecule has 3 amide bonds. The Morgan fingerprint density at radius 2 is 1.76 bits per heavy atom. The lowest BCUT2D eigenvalue weighted by molar-refractivity contribution is -0.274. The van der Waals surface area contributed by atoms with Crippen LogP contribution in [-0.2, 0) is 16.1 Å². The molecule has 2 aliphatic heterocycles. The number of carbonyl (C=O) groups is 2. The third kappa shape index (κ3) is 8.03. The number of anilines is 2. The molecule has 6 rings (SSSR count). The largest absolute Gasteiger partial charge is 0.573 e. The molecule has 3 heterocycles. The molecule has 256 valence electrons. The number of thioether (sulfide) groups is 1. The summed E-state index contributed by atoms with van der Waals surface area (Å²) in [6.45, 7) is -2.27. The number of amides is 3. The first kappa shape index (κ1) is 33.5. The highest BCUT2D eigenvalue weighted by atomic mass is 32.2. The van der Waals surface area contributed by atoms with Gasteiger partial charge in [-0.05, 0) is 48.5 Å². The maximum atomic E-state index is 15.1. The molecule has 0 atom stereocenters. The van der Waals surface area contributed by atoms with Crippen molar-refractivity contribution in [2.45, 2.75) is 19.1 Å². The second kappa shape index (κ2) is 13.3. The number of aromatic nitrogens is 3. The number of benzene rings is 3. The number of nitrogens with zero attached hydrogens (tertiary/aromatic N) is 5. The van der Waals surface area contributed by atoms with Crippen LogP contribution in [0.5, 0.6) is 17.2 Å². The van der Waals surface area contributed by atoms with Gasteiger partial charge in [-0.2, -0.15) is 18.2 Å². The summed E-state index contributed by atoms with van der Waals surface area (Å²) in [6, 6.07) is 10.1. The van der Waals surface area contributed by atoms with Gasteiger partial charge >= 0.3 is 18.6 Å². The second-order valence-corrected chi connectivity index (χ2v) is 11.0. The van der Waals surface area contributed by atoms with Gasteiger partial charge in [-0.1, -0.05) is 11.8 Å². The maximum absolute atomic E-state index is 15.1. The van der Waals surface area contributed by atoms with Crippen molar-refractivity contribution in [3.05, 3.63) is 72.3 Å². The summed E-state index contributed by atoms with van der Waals surface area (Å²) in [5.74, 6) is -1.54. The van der Waals surface area contributed by atoms with Gasteiger partial charge in [-0.15, -0.1) is 18.3 Å². The predicted octanol–water partition coefficient (Wildman–Crippen LogP) is 6.45. The topological polar surface area (TPSA) is 129 Å². The van der Waals surface area contributed by atoms with E-state index in [9.17, 15) is 35.9 Å². The minimum absolute atomic E-state index is 0.0565. The van der Waals surface area contributed by atoms with Crippen molar-refractivity contribution in [2.75, 3.05) is 29.4 Å². The highest BCUT2D eigenvalue weighted by Crippen LogP contribution is 2.41. The Bertz CT molecular complexity index is 1930. The van der Waals surface area contributed by atoms with Crippen molar-refractivity contribution < 1.29 is 59.3 Å². The Kier molecular flexibility index (Phi) is 9.08. The minimum Gasteiger partial charge on any atom is -0.454 e. The van der Waals surface area contributed by atoms with Crippen LogP contribution >= 0.6 is 11.8 Å². The fraction of sp³-hybridized carbons (Fsp3) is 0.207. The van der Waals surface area contributed by atoms with E-state index >= 15 is 4.39 Å². The third-order valence-corrected chi connectivity index (χ3v) is 7.52. The number of alkyl halides is 6. The number of hydrogen-bond acceptors (Lipinski definition) is 9. The molecule has 1 aromatic heterocycles. The predicted molar refractivity (Wildman–Crippen MR) is 158 cm³/mol. The second-order valence-electron chi connectivity index (χ2n) is 10.0. The summed E-state index contributed by atoms with van der Waals surface area (Å²) in [5, 5.41) is 6.34. The summed E-state index contributed by atoms with van der Waals surface area (Å²) < 4.78 is 111. The average Bonchev–Trinajstić information content (AvgIpc) is 3.77. The first-order chi connectivity index (χ1) is 23.2. The van der Waals surface area contributed by atoms with Gasteiger partial charge in [-0.3, -0.25) is 9.69 Å². The molecule has 20 heteroatoms. The molecule has 0 radical (unpaired) electrons. The van der Waals surface area contributed by atoms with Crippen LogP contribution < -0.4 is 24.4 Å². The first-order valence-electron chi connectivity index (χ1n) is 13.7. The molecule has 1 fully saturated rings. The van der Waals surface area contributed by atoms with E-state index in [2.05, 4.69) is 25.1 Å². The maximum Gasteiger partial charge on any atom is 0.573 e. The molecule has 49 heavy (non-hydrogen) atoms. The Morgan fingerprint density at radius 3 is 2.45 bits per heavy atom. The van der Waals surface area contributed by atoms with Crippen LogP contribution in [0.3, 0.4) is 0 Å². The number of ether oxygens (including phenoxy) is 4. The Labute approximate surface area is 274 Å². The molecule has 0 spiro atoms. The molecule has 1 saturated heterocycles. The van der Waals surface area contributed by atoms with Gasteiger partial charge in [0.15, 0.2) is 22.5 Å². The average molecular weight is 713 g/mol. The van der Waals surface area contributed by atoms with Crippen LogP contribution in [0.4, 0.5) is 46.9 Å². The number of fused-ring (bicyclic) bond motifs is 1. The number of amidine groups is 1. The van der Waals surface area contributed by atoms with Crippen molar-refractivity contribution in [3.63, 3.8) is 0 Å². The lowest BCUT2D eigenvalue weighted by atomic mass is 10.1. The molecule has 0 saturated carbocycles. The SMILES string of the molecule is O=C(/N=C1\SCC(=O)N1c1cc2c(cc1COCC(F)(F)F)OCO2)Nc1ccc(-c2ncn(-c3ccc(OC(F)(F)F)cc3)n2)cc1F. The van der Waals surface area contributed by atoms with E-state index < -0.39 is 49.3 Å². The zero-order valence-electron chi connectivity index (χ0n) is 24.3. The van der Waals surface area contributed by atoms with Crippen molar-refractivity contribution in [1.82, 2.24) is 14.8 Å². The van der Waals surface area contributed by atoms with Crippen LogP contribution in [0.1, 0.15) is 5.56 Å². The quantitative estimate of drug-likeness (QED) is 0.205. The molecular weight excluding hydrogens is 693 g/mol. The third-order valence-electron chi connectivity index (χ3n) is 6.60. The number of carbonyl (C=O) groups excluding carboxylic acids is 2. The first-order valence-corrected chi connectivity index (χ1v) is 14.7. The lowest BCUT2D eigenvalue weighted by Crippen LogP contribution is -2.31. The highest BCUT2D eigenvalue weighted by molar-refractivity contribution is 8.15. The Balaban J connectivity index is 1.17. The standard InChI is InChI=1S/C29H19F7N6O6S/c30-19-7-15(25-37-13-41(40-25)17-2-4-18(5-3-17)48-29(34,35)36)1-6-20(19)38-26(44)39-27-42(24(43)11-49-27)21-9-23-22(46-14-47-23)8-16(21)10-45-12-28(31,32)33/h1-9,13H,10-12,14H2,(H,38,44)/b39-27-. The van der Waals surface area contributed by atoms with Gasteiger partial charge in [0, 0.05) is 17.2 Å². The lowest BCUT2D eigenvalue weighted by Gasteiger charge is -2.20. The van der Waals surface area contributed by atoms with Crippen LogP contribution in [0.2, 0.25) is 0 Å². The molecule has 0 bridgehead atoms. The van der Waals surface area contributed by atoms with Crippen LogP contribution in [-0.4, -0.2) is 63.6 Å². The van der Waals surface area contributed by atoms with E-state index in [1.165, 1.54) is 47.4 Å². The van der Waals surface area contributed by atoms with E-state index in [0.717, 1.165) is 34.9 Å². The number of halogens is 7. The molecule has 2 aliphatic rings. The molecule has 4 aromatic rings. The van der Waals surface area contributed by atoms with Crippen LogP contribution in [0.25, 0.3) is 17.1 Å². The normalized spacial score (nSPS) is 15.3. The molecule has 0 aliphatic carbocycles. The van der Waals surface area contributed by atoms with Gasteiger partial charge in [0.2, 0.25) is 12.7 Å². The van der Waals surface area contributed by atoms with Crippen molar-refractivity contribution in [2.24, 2.45) is 4.99 Å². The number of hydrogen-bond donors (Lipinski definition) is 1. The van der Waals surface area contributed by atoms with Gasteiger partial charge in [0.25, 0.3) is 0 Å². The molecular formula is C29H19F7N6O6S. The van der Waals surface area contributed by atoms with Crippen LogP contribution in [0, 0.1) is 5.82 Å². The zero-order valence-corrected chi connectivity index (χ0v) is 25.2. The summed E-state index contributed by atoms with van der Waals surface area (Å²) in [6.07, 6.45) is -8.18. The smallest absolute Gasteiger partial charge is 0.454 e. The number of rotatable bonds is 8. The van der Waals surface area contributed by atoms with E-state index in [1.807, 2.05) is 0 Å². The number of aliphatic imine (C=N–C) groups is 1. The molecule has 1 N–H and O–H groups in total. The monoisotopic (exact) mass is 712 g/mol. The number of urea groups is 1. The number of nitrogens with one attached hydrogen (secondary N) is 1. The summed E-state index contributed by atoms with van der Waals surface area (Å²) in [5.41, 5.74) is 0.436. The van der Waals surface area contributed by atoms with Gasteiger partial charge in [0.1, 0.15) is 24.5 Å².